The van der Waals surface area contributed by atoms with Gasteiger partial charge in [0.15, 0.2) is 5.78 Å². The van der Waals surface area contributed by atoms with E-state index in [9.17, 15) is 19.3 Å². The number of carbonyl (C=O) groups excluding carboxylic acids is 1. The van der Waals surface area contributed by atoms with Gasteiger partial charge in [-0.2, -0.15) is 0 Å². The van der Waals surface area contributed by atoms with Crippen LogP contribution in [0.3, 0.4) is 0 Å². The average Bonchev–Trinajstić information content (AvgIpc) is 2.74. The number of hydrogen-bond donors (Lipinski definition) is 1. The number of halogens is 1. The number of nitro groups is 1. The lowest BCUT2D eigenvalue weighted by molar-refractivity contribution is -0.384. The Morgan fingerprint density at radius 2 is 1.68 bits per heavy atom. The molecule has 0 amide bonds. The highest BCUT2D eigenvalue weighted by Gasteiger charge is 2.25. The molecule has 0 atom stereocenters. The number of carbonyl (C=O) groups is 1. The van der Waals surface area contributed by atoms with Gasteiger partial charge in [-0.05, 0) is 62.2 Å². The summed E-state index contributed by atoms with van der Waals surface area (Å²) in [4.78, 5) is 25.1. The highest BCUT2D eigenvalue weighted by molar-refractivity contribution is 5.97. The van der Waals surface area contributed by atoms with Crippen molar-refractivity contribution in [3.8, 4) is 0 Å². The number of aliphatic hydroxyl groups is 1. The molecule has 2 aromatic rings. The molecule has 1 heterocycles. The summed E-state index contributed by atoms with van der Waals surface area (Å²) in [7, 11) is 1.00. The van der Waals surface area contributed by atoms with Crippen LogP contribution in [0.1, 0.15) is 28.8 Å². The Bertz CT molecular complexity index is 770. The van der Waals surface area contributed by atoms with Gasteiger partial charge < -0.3 is 10.0 Å². The number of benzene rings is 2. The maximum Gasteiger partial charge on any atom is 0.269 e. The van der Waals surface area contributed by atoms with E-state index in [2.05, 4.69) is 4.90 Å². The topological polar surface area (TPSA) is 83.7 Å². The quantitative estimate of drug-likeness (QED) is 0.465. The molecular formula is C21H25FN2O4. The lowest BCUT2D eigenvalue weighted by Gasteiger charge is -2.31. The molecule has 1 aliphatic rings. The van der Waals surface area contributed by atoms with Crippen molar-refractivity contribution in [1.82, 2.24) is 4.90 Å². The van der Waals surface area contributed by atoms with Gasteiger partial charge in [0.25, 0.3) is 5.69 Å². The molecule has 2 aromatic carbocycles. The number of hydrogen-bond acceptors (Lipinski definition) is 5. The summed E-state index contributed by atoms with van der Waals surface area (Å²) in [6.07, 6.45) is 2.43. The van der Waals surface area contributed by atoms with Crippen LogP contribution < -0.4 is 0 Å². The Morgan fingerprint density at radius 3 is 2.21 bits per heavy atom. The van der Waals surface area contributed by atoms with Gasteiger partial charge in [0.1, 0.15) is 5.82 Å². The van der Waals surface area contributed by atoms with E-state index in [1.165, 1.54) is 24.3 Å². The summed E-state index contributed by atoms with van der Waals surface area (Å²) in [5, 5.41) is 17.7. The Morgan fingerprint density at radius 1 is 1.11 bits per heavy atom. The van der Waals surface area contributed by atoms with Crippen molar-refractivity contribution < 1.29 is 19.2 Å². The Labute approximate surface area is 163 Å². The van der Waals surface area contributed by atoms with E-state index in [-0.39, 0.29) is 23.2 Å². The van der Waals surface area contributed by atoms with Gasteiger partial charge in [0.2, 0.25) is 0 Å². The first-order chi connectivity index (χ1) is 13.5. The molecule has 1 fully saturated rings. The van der Waals surface area contributed by atoms with Crippen LogP contribution in [0.4, 0.5) is 10.1 Å². The molecule has 0 spiro atoms. The zero-order chi connectivity index (χ0) is 20.5. The standard InChI is InChI=1S/C20H21FN2O3.CH4O/c21-18-5-3-16(4-6-18)20(24)17-10-13-22(14-11-17)12-9-15-1-7-19(8-2-15)23(25)26;1-2/h1-8,17H,9-14H2;2H,1H3. The van der Waals surface area contributed by atoms with Crippen LogP contribution in [0.5, 0.6) is 0 Å². The van der Waals surface area contributed by atoms with Crippen LogP contribution in [0.25, 0.3) is 0 Å². The zero-order valence-electron chi connectivity index (χ0n) is 15.9. The molecular weight excluding hydrogens is 363 g/mol. The summed E-state index contributed by atoms with van der Waals surface area (Å²) in [5.41, 5.74) is 1.75. The highest BCUT2D eigenvalue weighted by atomic mass is 19.1. The number of aliphatic hydroxyl groups excluding tert-OH is 1. The number of non-ortho nitro benzene ring substituents is 1. The Hall–Kier alpha value is -2.64. The maximum atomic E-state index is 13.0. The van der Waals surface area contributed by atoms with Gasteiger partial charge >= 0.3 is 0 Å². The lowest BCUT2D eigenvalue weighted by Crippen LogP contribution is -2.37. The van der Waals surface area contributed by atoms with Crippen LogP contribution in [0.15, 0.2) is 48.5 Å². The summed E-state index contributed by atoms with van der Waals surface area (Å²) in [5.74, 6) is -0.237. The van der Waals surface area contributed by atoms with Crippen molar-refractivity contribution >= 4 is 11.5 Å². The number of rotatable bonds is 6. The zero-order valence-corrected chi connectivity index (χ0v) is 15.9. The van der Waals surface area contributed by atoms with E-state index in [4.69, 9.17) is 5.11 Å². The van der Waals surface area contributed by atoms with Crippen LogP contribution >= 0.6 is 0 Å². The summed E-state index contributed by atoms with van der Waals surface area (Å²) in [6.45, 7) is 2.57. The molecule has 0 saturated carbocycles. The number of piperidine rings is 1. The van der Waals surface area contributed by atoms with E-state index in [1.54, 1.807) is 24.3 Å². The van der Waals surface area contributed by atoms with Gasteiger partial charge in [-0.1, -0.05) is 12.1 Å². The van der Waals surface area contributed by atoms with Gasteiger partial charge in [-0.25, -0.2) is 4.39 Å². The number of nitrogens with zero attached hydrogens (tertiary/aromatic N) is 2. The minimum atomic E-state index is -0.396. The molecule has 0 aromatic heterocycles. The maximum absolute atomic E-state index is 13.0. The lowest BCUT2D eigenvalue weighted by atomic mass is 9.89. The second-order valence-electron chi connectivity index (χ2n) is 6.66. The molecule has 0 bridgehead atoms. The molecule has 3 rings (SSSR count). The SMILES string of the molecule is CO.O=C(c1ccc(F)cc1)C1CCN(CCc2ccc([N+](=O)[O-])cc2)CC1. The third-order valence-electron chi connectivity index (χ3n) is 4.95. The molecule has 0 unspecified atom stereocenters. The van der Waals surface area contributed by atoms with Crippen molar-refractivity contribution in [3.05, 3.63) is 75.6 Å². The minimum absolute atomic E-state index is 0.00362. The fourth-order valence-corrected chi connectivity index (χ4v) is 3.34. The normalized spacial score (nSPS) is 14.8. The highest BCUT2D eigenvalue weighted by Crippen LogP contribution is 2.22. The summed E-state index contributed by atoms with van der Waals surface area (Å²) < 4.78 is 13.0. The molecule has 150 valence electrons. The molecule has 0 radical (unpaired) electrons. The fraction of sp³-hybridized carbons (Fsp3) is 0.381. The van der Waals surface area contributed by atoms with Crippen LogP contribution in [0.2, 0.25) is 0 Å². The van der Waals surface area contributed by atoms with Crippen LogP contribution in [-0.2, 0) is 6.42 Å². The van der Waals surface area contributed by atoms with Gasteiger partial charge in [-0.15, -0.1) is 0 Å². The van der Waals surface area contributed by atoms with Crippen molar-refractivity contribution in [2.24, 2.45) is 5.92 Å². The monoisotopic (exact) mass is 388 g/mol. The molecule has 1 N–H and O–H groups in total. The minimum Gasteiger partial charge on any atom is -0.400 e. The van der Waals surface area contributed by atoms with Gasteiger partial charge in [0, 0.05) is 37.3 Å². The van der Waals surface area contributed by atoms with Gasteiger partial charge in [0.05, 0.1) is 4.92 Å². The van der Waals surface area contributed by atoms with Crippen molar-refractivity contribution in [2.75, 3.05) is 26.7 Å². The number of ketones is 1. The van der Waals surface area contributed by atoms with Gasteiger partial charge in [-0.3, -0.25) is 14.9 Å². The van der Waals surface area contributed by atoms with Crippen LogP contribution in [-0.4, -0.2) is 47.5 Å². The summed E-state index contributed by atoms with van der Waals surface area (Å²) >= 11 is 0. The second kappa shape index (κ2) is 10.6. The molecule has 28 heavy (non-hydrogen) atoms. The number of Topliss-reactive ketones (excluding diaryl/α,β-unsaturated/α-hetero) is 1. The van der Waals surface area contributed by atoms with E-state index >= 15 is 0 Å². The van der Waals surface area contributed by atoms with Crippen molar-refractivity contribution in [1.29, 1.82) is 0 Å². The third kappa shape index (κ3) is 5.94. The van der Waals surface area contributed by atoms with Crippen LogP contribution in [0, 0.1) is 21.8 Å². The second-order valence-corrected chi connectivity index (χ2v) is 6.66. The van der Waals surface area contributed by atoms with E-state index in [1.807, 2.05) is 0 Å². The average molecular weight is 388 g/mol. The fourth-order valence-electron chi connectivity index (χ4n) is 3.34. The smallest absolute Gasteiger partial charge is 0.269 e. The van der Waals surface area contributed by atoms with E-state index < -0.39 is 4.92 Å². The summed E-state index contributed by atoms with van der Waals surface area (Å²) in [6, 6.07) is 12.4. The van der Waals surface area contributed by atoms with E-state index in [0.717, 1.165) is 51.6 Å². The van der Waals surface area contributed by atoms with Crippen molar-refractivity contribution in [3.63, 3.8) is 0 Å². The van der Waals surface area contributed by atoms with Crippen molar-refractivity contribution in [2.45, 2.75) is 19.3 Å². The van der Waals surface area contributed by atoms with E-state index in [0.29, 0.717) is 5.56 Å². The molecule has 7 heteroatoms. The first-order valence-corrected chi connectivity index (χ1v) is 9.23. The molecule has 0 aliphatic carbocycles. The first kappa shape index (κ1) is 21.7. The third-order valence-corrected chi connectivity index (χ3v) is 4.95. The predicted molar refractivity (Wildman–Crippen MR) is 105 cm³/mol. The predicted octanol–water partition coefficient (Wildman–Crippen LogP) is 3.48. The molecule has 1 saturated heterocycles. The number of likely N-dealkylation sites (tertiary alicyclic amines) is 1. The largest absolute Gasteiger partial charge is 0.400 e. The molecule has 1 aliphatic heterocycles. The molecule has 6 nitrogen and oxygen atoms in total. The first-order valence-electron chi connectivity index (χ1n) is 9.23. The Balaban J connectivity index is 0.00000136. The number of nitro benzene ring substituents is 1. The Kier molecular flexibility index (Phi) is 8.22.